The minimum atomic E-state index is -0.245. The monoisotopic (exact) mass is 237 g/mol. The summed E-state index contributed by atoms with van der Waals surface area (Å²) in [6.45, 7) is 5.83. The minimum Gasteiger partial charge on any atom is -0.288 e. The number of anilines is 1. The number of nitrogens with zero attached hydrogens (tertiary/aromatic N) is 3. The Balaban J connectivity index is 2.72. The van der Waals surface area contributed by atoms with Gasteiger partial charge in [0.15, 0.2) is 0 Å². The van der Waals surface area contributed by atoms with Gasteiger partial charge in [0, 0.05) is 5.71 Å². The molecule has 0 saturated carbocycles. The van der Waals surface area contributed by atoms with E-state index in [1.165, 1.54) is 0 Å². The van der Waals surface area contributed by atoms with E-state index < -0.39 is 0 Å². The van der Waals surface area contributed by atoms with Crippen molar-refractivity contribution in [1.82, 2.24) is 15.2 Å². The number of aromatic amines is 1. The van der Waals surface area contributed by atoms with E-state index in [0.29, 0.717) is 5.69 Å². The number of rotatable bonds is 6. The molecule has 0 aliphatic rings. The summed E-state index contributed by atoms with van der Waals surface area (Å²) >= 11 is 0. The van der Waals surface area contributed by atoms with Crippen molar-refractivity contribution in [2.24, 2.45) is 5.10 Å². The molecule has 0 aliphatic carbocycles. The van der Waals surface area contributed by atoms with Crippen LogP contribution in [-0.4, -0.2) is 20.9 Å². The minimum absolute atomic E-state index is 0.245. The van der Waals surface area contributed by atoms with Crippen LogP contribution in [-0.2, 0) is 0 Å². The highest BCUT2D eigenvalue weighted by molar-refractivity contribution is 5.84. The Labute approximate surface area is 101 Å². The summed E-state index contributed by atoms with van der Waals surface area (Å²) < 4.78 is 0. The summed E-state index contributed by atoms with van der Waals surface area (Å²) in [5, 5.41) is 11.8. The summed E-state index contributed by atoms with van der Waals surface area (Å²) in [6.07, 6.45) is 4.00. The van der Waals surface area contributed by atoms with E-state index in [0.717, 1.165) is 31.4 Å². The molecular formula is C11H19N5O. The molecule has 0 bridgehead atoms. The molecule has 0 atom stereocenters. The predicted octanol–water partition coefficient (Wildman–Crippen LogP) is 1.84. The maximum absolute atomic E-state index is 11.3. The first-order chi connectivity index (χ1) is 8.17. The lowest BCUT2D eigenvalue weighted by molar-refractivity contribution is 0.882. The quantitative estimate of drug-likeness (QED) is 0.584. The van der Waals surface area contributed by atoms with Crippen molar-refractivity contribution in [1.29, 1.82) is 0 Å². The summed E-state index contributed by atoms with van der Waals surface area (Å²) in [5.74, 6) is 0.283. The number of hydrogen-bond acceptors (Lipinski definition) is 5. The molecule has 0 radical (unpaired) electrons. The van der Waals surface area contributed by atoms with Gasteiger partial charge in [0.25, 0.3) is 5.56 Å². The first kappa shape index (κ1) is 13.3. The van der Waals surface area contributed by atoms with E-state index >= 15 is 0 Å². The van der Waals surface area contributed by atoms with Gasteiger partial charge >= 0.3 is 0 Å². The van der Waals surface area contributed by atoms with Gasteiger partial charge in [-0.25, -0.2) is 5.43 Å². The lowest BCUT2D eigenvalue weighted by Gasteiger charge is -2.04. The highest BCUT2D eigenvalue weighted by atomic mass is 16.1. The van der Waals surface area contributed by atoms with Crippen LogP contribution in [0.25, 0.3) is 0 Å². The third-order valence-electron chi connectivity index (χ3n) is 2.26. The Kier molecular flexibility index (Phi) is 5.32. The van der Waals surface area contributed by atoms with Crippen molar-refractivity contribution >= 4 is 11.7 Å². The maximum atomic E-state index is 11.3. The van der Waals surface area contributed by atoms with Gasteiger partial charge in [-0.2, -0.15) is 5.10 Å². The lowest BCUT2D eigenvalue weighted by atomic mass is 10.1. The van der Waals surface area contributed by atoms with Gasteiger partial charge in [-0.05, 0) is 19.8 Å². The molecule has 0 saturated heterocycles. The largest absolute Gasteiger partial charge is 0.288 e. The second kappa shape index (κ2) is 6.78. The molecule has 1 aromatic heterocycles. The van der Waals surface area contributed by atoms with E-state index in [1.54, 1.807) is 6.92 Å². The van der Waals surface area contributed by atoms with Crippen molar-refractivity contribution < 1.29 is 0 Å². The zero-order valence-electron chi connectivity index (χ0n) is 10.6. The van der Waals surface area contributed by atoms with Crippen LogP contribution in [0.5, 0.6) is 0 Å². The molecule has 0 aromatic carbocycles. The highest BCUT2D eigenvalue weighted by Gasteiger charge is 2.00. The van der Waals surface area contributed by atoms with Crippen molar-refractivity contribution in [2.75, 3.05) is 5.43 Å². The molecule has 1 aromatic rings. The van der Waals surface area contributed by atoms with Gasteiger partial charge in [-0.1, -0.05) is 26.7 Å². The van der Waals surface area contributed by atoms with Crippen molar-refractivity contribution in [3.63, 3.8) is 0 Å². The van der Waals surface area contributed by atoms with Crippen LogP contribution in [0.1, 0.15) is 45.2 Å². The molecule has 1 heterocycles. The fourth-order valence-electron chi connectivity index (χ4n) is 1.39. The summed E-state index contributed by atoms with van der Waals surface area (Å²) in [4.78, 5) is 13.9. The summed E-state index contributed by atoms with van der Waals surface area (Å²) in [5.41, 5.74) is 3.93. The zero-order valence-corrected chi connectivity index (χ0v) is 10.6. The number of nitrogens with one attached hydrogen (secondary N) is 2. The topological polar surface area (TPSA) is 83.0 Å². The number of hydrogen-bond donors (Lipinski definition) is 2. The average molecular weight is 237 g/mol. The van der Waals surface area contributed by atoms with Crippen LogP contribution in [0, 0.1) is 6.92 Å². The molecule has 0 fully saturated rings. The van der Waals surface area contributed by atoms with Gasteiger partial charge in [0.1, 0.15) is 5.69 Å². The van der Waals surface area contributed by atoms with E-state index in [9.17, 15) is 4.79 Å². The van der Waals surface area contributed by atoms with Crippen molar-refractivity contribution in [3.05, 3.63) is 16.0 Å². The Morgan fingerprint density at radius 2 is 1.94 bits per heavy atom. The lowest BCUT2D eigenvalue weighted by Crippen LogP contribution is -2.16. The SMILES string of the molecule is CCCC(CCC)=NNc1nnc(C)c(=O)[nH]1. The van der Waals surface area contributed by atoms with Gasteiger partial charge in [0.05, 0.1) is 0 Å². The smallest absolute Gasteiger partial charge is 0.274 e. The van der Waals surface area contributed by atoms with Crippen LogP contribution in [0.4, 0.5) is 5.95 Å². The summed E-state index contributed by atoms with van der Waals surface area (Å²) in [6, 6.07) is 0. The fourth-order valence-corrected chi connectivity index (χ4v) is 1.39. The highest BCUT2D eigenvalue weighted by Crippen LogP contribution is 2.01. The zero-order chi connectivity index (χ0) is 12.7. The third-order valence-corrected chi connectivity index (χ3v) is 2.26. The van der Waals surface area contributed by atoms with Gasteiger partial charge in [0.2, 0.25) is 5.95 Å². The van der Waals surface area contributed by atoms with Crippen molar-refractivity contribution in [3.8, 4) is 0 Å². The van der Waals surface area contributed by atoms with E-state index in [2.05, 4.69) is 39.6 Å². The molecule has 0 aliphatic heterocycles. The van der Waals surface area contributed by atoms with E-state index in [1.807, 2.05) is 0 Å². The first-order valence-corrected chi connectivity index (χ1v) is 5.92. The fraction of sp³-hybridized carbons (Fsp3) is 0.636. The Morgan fingerprint density at radius 3 is 2.47 bits per heavy atom. The third kappa shape index (κ3) is 4.34. The van der Waals surface area contributed by atoms with E-state index in [-0.39, 0.29) is 11.5 Å². The number of aryl methyl sites for hydroxylation is 1. The Morgan fingerprint density at radius 1 is 1.29 bits per heavy atom. The molecule has 6 nitrogen and oxygen atoms in total. The molecule has 94 valence electrons. The van der Waals surface area contributed by atoms with Crippen LogP contribution in [0.3, 0.4) is 0 Å². The second-order valence-electron chi connectivity index (χ2n) is 3.88. The van der Waals surface area contributed by atoms with Crippen LogP contribution < -0.4 is 11.0 Å². The van der Waals surface area contributed by atoms with Crippen LogP contribution >= 0.6 is 0 Å². The molecule has 6 heteroatoms. The second-order valence-corrected chi connectivity index (χ2v) is 3.88. The molecule has 0 amide bonds. The van der Waals surface area contributed by atoms with Crippen LogP contribution in [0.15, 0.2) is 9.90 Å². The predicted molar refractivity (Wildman–Crippen MR) is 68.3 cm³/mol. The molecule has 2 N–H and O–H groups in total. The van der Waals surface area contributed by atoms with Gasteiger partial charge in [-0.15, -0.1) is 10.2 Å². The molecule has 0 unspecified atom stereocenters. The Hall–Kier alpha value is -1.72. The molecule has 17 heavy (non-hydrogen) atoms. The Bertz CT molecular complexity index is 430. The molecule has 0 spiro atoms. The number of aromatic nitrogens is 3. The maximum Gasteiger partial charge on any atom is 0.274 e. The summed E-state index contributed by atoms with van der Waals surface area (Å²) in [7, 11) is 0. The van der Waals surface area contributed by atoms with Crippen LogP contribution in [0.2, 0.25) is 0 Å². The van der Waals surface area contributed by atoms with Gasteiger partial charge < -0.3 is 0 Å². The standard InChI is InChI=1S/C11H19N5O/c1-4-6-9(7-5-2)14-16-11-12-10(17)8(3)13-15-11/h4-7H2,1-3H3,(H2,12,15,16,17). The average Bonchev–Trinajstić information content (AvgIpc) is 2.31. The first-order valence-electron chi connectivity index (χ1n) is 5.92. The number of hydrazone groups is 1. The van der Waals surface area contributed by atoms with Crippen molar-refractivity contribution in [2.45, 2.75) is 46.5 Å². The molecule has 1 rings (SSSR count). The normalized spacial score (nSPS) is 10.1. The molecular weight excluding hydrogens is 218 g/mol. The van der Waals surface area contributed by atoms with E-state index in [4.69, 9.17) is 0 Å². The number of H-pyrrole nitrogens is 1. The van der Waals surface area contributed by atoms with Gasteiger partial charge in [-0.3, -0.25) is 9.78 Å².